The summed E-state index contributed by atoms with van der Waals surface area (Å²) in [5, 5.41) is 4.37. The number of carbonyl (C=O) groups excluding carboxylic acids is 2. The predicted octanol–water partition coefficient (Wildman–Crippen LogP) is 4.66. The lowest BCUT2D eigenvalue weighted by molar-refractivity contribution is -0.596. The Morgan fingerprint density at radius 2 is 1.61 bits per heavy atom. The highest BCUT2D eigenvalue weighted by Crippen LogP contribution is 2.28. The van der Waals surface area contributed by atoms with Gasteiger partial charge >= 0.3 is 5.91 Å². The van der Waals surface area contributed by atoms with Gasteiger partial charge in [-0.2, -0.15) is 0 Å². The molecule has 0 spiro atoms. The van der Waals surface area contributed by atoms with Crippen LogP contribution in [0, 0.1) is 0 Å². The Kier molecular flexibility index (Phi) is 6.28. The van der Waals surface area contributed by atoms with E-state index in [2.05, 4.69) is 10.7 Å². The van der Waals surface area contributed by atoms with Gasteiger partial charge in [0.25, 0.3) is 5.91 Å². The van der Waals surface area contributed by atoms with Crippen LogP contribution in [0.15, 0.2) is 72.8 Å². The zero-order chi connectivity index (χ0) is 22.0. The van der Waals surface area contributed by atoms with Crippen LogP contribution in [0.3, 0.4) is 0 Å². The summed E-state index contributed by atoms with van der Waals surface area (Å²) in [6, 6.07) is 19.6. The van der Waals surface area contributed by atoms with Crippen LogP contribution in [0.1, 0.15) is 27.5 Å². The molecular weight excluding hydrogens is 457 g/mol. The zero-order valence-corrected chi connectivity index (χ0v) is 18.3. The van der Waals surface area contributed by atoms with E-state index in [0.717, 1.165) is 5.56 Å². The lowest BCUT2D eigenvalue weighted by Gasteiger charge is -2.15. The highest BCUT2D eigenvalue weighted by Gasteiger charge is 2.47. The molecule has 0 saturated carbocycles. The molecule has 2 N–H and O–H groups in total. The first-order valence-electron chi connectivity index (χ1n) is 9.42. The van der Waals surface area contributed by atoms with Crippen molar-refractivity contribution < 1.29 is 14.3 Å². The first kappa shape index (κ1) is 21.4. The predicted molar refractivity (Wildman–Crippen MR) is 122 cm³/mol. The van der Waals surface area contributed by atoms with Gasteiger partial charge in [-0.25, -0.2) is 0 Å². The molecule has 8 heteroatoms. The summed E-state index contributed by atoms with van der Waals surface area (Å²) < 4.78 is 1.64. The number of nitrogens with zero attached hydrogens (tertiary/aromatic N) is 1. The molecule has 0 bridgehead atoms. The van der Waals surface area contributed by atoms with E-state index in [9.17, 15) is 9.59 Å². The van der Waals surface area contributed by atoms with Gasteiger partial charge in [-0.1, -0.05) is 65.1 Å². The molecule has 0 unspecified atom stereocenters. The quantitative estimate of drug-likeness (QED) is 0.541. The topological polar surface area (TPSA) is 61.2 Å². The van der Waals surface area contributed by atoms with Gasteiger partial charge in [-0.3, -0.25) is 9.59 Å². The molecule has 5 nitrogen and oxygen atoms in total. The summed E-state index contributed by atoms with van der Waals surface area (Å²) in [7, 11) is 0. The van der Waals surface area contributed by atoms with E-state index in [1.54, 1.807) is 65.5 Å². The summed E-state index contributed by atoms with van der Waals surface area (Å²) in [6.45, 7) is 0. The van der Waals surface area contributed by atoms with E-state index >= 15 is 0 Å². The monoisotopic (exact) mass is 472 g/mol. The number of nitrogens with one attached hydrogen (secondary N) is 2. The molecule has 1 aliphatic heterocycles. The van der Waals surface area contributed by atoms with Crippen molar-refractivity contribution in [2.24, 2.45) is 0 Å². The molecule has 0 aliphatic carbocycles. The molecule has 0 radical (unpaired) electrons. The second-order valence-electron chi connectivity index (χ2n) is 6.99. The van der Waals surface area contributed by atoms with Crippen molar-refractivity contribution in [2.75, 3.05) is 0 Å². The highest BCUT2D eigenvalue weighted by molar-refractivity contribution is 6.36. The fourth-order valence-electron chi connectivity index (χ4n) is 3.41. The first-order valence-corrected chi connectivity index (χ1v) is 10.6. The SMILES string of the molecule is O=C(N[C@H]1C(=O)N/[N+](=C\c2ccc(Cl)cc2Cl)[C@@H]1c1ccc(Cl)cc1)c1ccccc1. The van der Waals surface area contributed by atoms with Crippen LogP contribution >= 0.6 is 34.8 Å². The zero-order valence-electron chi connectivity index (χ0n) is 16.1. The first-order chi connectivity index (χ1) is 14.9. The van der Waals surface area contributed by atoms with Gasteiger partial charge in [-0.15, -0.1) is 10.1 Å². The maximum Gasteiger partial charge on any atom is 0.304 e. The van der Waals surface area contributed by atoms with Crippen LogP contribution in [0.25, 0.3) is 0 Å². The standard InChI is InChI=1S/C23H16Cl3N3O2/c24-17-9-6-14(7-10-17)21-20(27-22(30)15-4-2-1-3-5-15)23(31)28-29(21)13-16-8-11-18(25)12-19(16)26/h1-13,20-21H,(H-,27,28,30,31)/p+1/b29-13-/t20-,21-/m1/s1. The van der Waals surface area contributed by atoms with E-state index in [0.29, 0.717) is 26.2 Å². The maximum atomic E-state index is 12.9. The van der Waals surface area contributed by atoms with Crippen LogP contribution in [0.4, 0.5) is 0 Å². The van der Waals surface area contributed by atoms with Crippen molar-refractivity contribution in [1.29, 1.82) is 0 Å². The van der Waals surface area contributed by atoms with Crippen molar-refractivity contribution >= 4 is 52.8 Å². The molecule has 1 fully saturated rings. The Morgan fingerprint density at radius 1 is 0.935 bits per heavy atom. The molecule has 156 valence electrons. The van der Waals surface area contributed by atoms with Crippen LogP contribution in [-0.4, -0.2) is 28.8 Å². The lowest BCUT2D eigenvalue weighted by atomic mass is 10.00. The second kappa shape index (κ2) is 9.10. The van der Waals surface area contributed by atoms with Crippen LogP contribution in [0.2, 0.25) is 15.1 Å². The molecular formula is C23H17Cl3N3O2+. The number of hydrogen-bond donors (Lipinski definition) is 2. The van der Waals surface area contributed by atoms with Gasteiger partial charge in [0.2, 0.25) is 12.3 Å². The third-order valence-electron chi connectivity index (χ3n) is 4.91. The molecule has 1 saturated heterocycles. The van der Waals surface area contributed by atoms with Crippen molar-refractivity contribution in [3.8, 4) is 0 Å². The number of halogens is 3. The number of hydrazone groups is 1. The normalized spacial score (nSPS) is 19.3. The lowest BCUT2D eigenvalue weighted by Crippen LogP contribution is -2.42. The van der Waals surface area contributed by atoms with Crippen molar-refractivity contribution in [1.82, 2.24) is 10.7 Å². The molecule has 2 atom stereocenters. The maximum absolute atomic E-state index is 12.9. The molecule has 0 aromatic heterocycles. The van der Waals surface area contributed by atoms with Gasteiger partial charge < -0.3 is 5.32 Å². The molecule has 3 aromatic carbocycles. The Hall–Kier alpha value is -2.86. The molecule has 1 aliphatic rings. The largest absolute Gasteiger partial charge is 0.334 e. The number of rotatable bonds is 4. The van der Waals surface area contributed by atoms with E-state index in [1.807, 2.05) is 18.2 Å². The van der Waals surface area contributed by atoms with Crippen LogP contribution in [-0.2, 0) is 4.79 Å². The minimum atomic E-state index is -0.837. The number of carbonyl (C=O) groups is 2. The van der Waals surface area contributed by atoms with Crippen molar-refractivity contribution in [2.45, 2.75) is 12.1 Å². The van der Waals surface area contributed by atoms with Crippen molar-refractivity contribution in [3.05, 3.63) is 105 Å². The van der Waals surface area contributed by atoms with E-state index in [4.69, 9.17) is 34.8 Å². The summed E-state index contributed by atoms with van der Waals surface area (Å²) in [6.07, 6.45) is 1.71. The molecule has 3 aromatic rings. The molecule has 2 amide bonds. The summed E-state index contributed by atoms with van der Waals surface area (Å²) in [4.78, 5) is 25.6. The third kappa shape index (κ3) is 4.74. The number of amides is 2. The highest BCUT2D eigenvalue weighted by atomic mass is 35.5. The summed E-state index contributed by atoms with van der Waals surface area (Å²) in [5.74, 6) is -0.684. The minimum Gasteiger partial charge on any atom is -0.334 e. The fraction of sp³-hybridized carbons (Fsp3) is 0.0870. The van der Waals surface area contributed by atoms with E-state index in [1.165, 1.54) is 0 Å². The number of benzene rings is 3. The van der Waals surface area contributed by atoms with Crippen LogP contribution < -0.4 is 10.7 Å². The minimum absolute atomic E-state index is 0.342. The summed E-state index contributed by atoms with van der Waals surface area (Å²) >= 11 is 18.4. The Balaban J connectivity index is 1.73. The molecule has 4 rings (SSSR count). The Labute approximate surface area is 194 Å². The smallest absolute Gasteiger partial charge is 0.304 e. The van der Waals surface area contributed by atoms with Crippen molar-refractivity contribution in [3.63, 3.8) is 0 Å². The van der Waals surface area contributed by atoms with Crippen LogP contribution in [0.5, 0.6) is 0 Å². The molecule has 31 heavy (non-hydrogen) atoms. The average Bonchev–Trinajstić information content (AvgIpc) is 3.06. The van der Waals surface area contributed by atoms with E-state index < -0.39 is 12.1 Å². The second-order valence-corrected chi connectivity index (χ2v) is 8.27. The number of hydrazine groups is 1. The summed E-state index contributed by atoms with van der Waals surface area (Å²) in [5.41, 5.74) is 4.74. The fourth-order valence-corrected chi connectivity index (χ4v) is 3.99. The third-order valence-corrected chi connectivity index (χ3v) is 5.73. The average molecular weight is 474 g/mol. The Morgan fingerprint density at radius 3 is 2.29 bits per heavy atom. The van der Waals surface area contributed by atoms with Gasteiger partial charge in [0.1, 0.15) is 0 Å². The van der Waals surface area contributed by atoms with Gasteiger partial charge in [0.15, 0.2) is 6.04 Å². The van der Waals surface area contributed by atoms with Gasteiger partial charge in [0, 0.05) is 21.2 Å². The van der Waals surface area contributed by atoms with E-state index in [-0.39, 0.29) is 11.8 Å². The van der Waals surface area contributed by atoms with Gasteiger partial charge in [0.05, 0.1) is 10.6 Å². The van der Waals surface area contributed by atoms with Gasteiger partial charge in [-0.05, 0) is 42.5 Å². The Bertz CT molecular complexity index is 1160. The molecule has 1 heterocycles. The number of hydrogen-bond acceptors (Lipinski definition) is 2.